The molecule has 4 bridgehead atoms. The van der Waals surface area contributed by atoms with Crippen LogP contribution in [0.3, 0.4) is 0 Å². The first-order valence-corrected chi connectivity index (χ1v) is 13.1. The number of rotatable bonds is 7. The van der Waals surface area contributed by atoms with Gasteiger partial charge in [0.15, 0.2) is 5.69 Å². The van der Waals surface area contributed by atoms with Crippen LogP contribution in [0, 0.1) is 23.2 Å². The van der Waals surface area contributed by atoms with Crippen molar-refractivity contribution < 1.29 is 4.79 Å². The molecule has 2 atom stereocenters. The number of H-pyrrole nitrogens is 1. The molecule has 4 fully saturated rings. The van der Waals surface area contributed by atoms with E-state index in [1.165, 1.54) is 4.57 Å². The van der Waals surface area contributed by atoms with Crippen LogP contribution in [0.1, 0.15) is 64.4 Å². The molecule has 8 heteroatoms. The molecule has 0 aliphatic heterocycles. The van der Waals surface area contributed by atoms with E-state index in [1.807, 2.05) is 30.3 Å². The van der Waals surface area contributed by atoms with E-state index in [-0.39, 0.29) is 28.8 Å². The Morgan fingerprint density at radius 3 is 2.43 bits per heavy atom. The smallest absolute Gasteiger partial charge is 0.330 e. The van der Waals surface area contributed by atoms with Crippen LogP contribution in [0.25, 0.3) is 0 Å². The first kappa shape index (κ1) is 24.2. The summed E-state index contributed by atoms with van der Waals surface area (Å²) in [7, 11) is 0. The molecule has 1 heterocycles. The lowest BCUT2D eigenvalue weighted by Gasteiger charge is -2.59. The Hall–Kier alpha value is -2.54. The highest BCUT2D eigenvalue weighted by Crippen LogP contribution is 2.64. The quantitative estimate of drug-likeness (QED) is 0.560. The SMILES string of the molecule is CC(C)CCN(C(=O)C12C[C@@H]3C[C@H](CC(Cl)(C3)C1)C2)c1c(N)n(Cc2ccccc2)c(=O)[nH]c1=O. The third kappa shape index (κ3) is 4.44. The van der Waals surface area contributed by atoms with Gasteiger partial charge in [0, 0.05) is 11.4 Å². The number of nitrogens with one attached hydrogen (secondary N) is 1. The fourth-order valence-electron chi connectivity index (χ4n) is 7.15. The van der Waals surface area contributed by atoms with Crippen LogP contribution in [-0.4, -0.2) is 26.9 Å². The Morgan fingerprint density at radius 2 is 1.83 bits per heavy atom. The summed E-state index contributed by atoms with van der Waals surface area (Å²) in [6, 6.07) is 9.46. The normalized spacial score (nSPS) is 29.0. The molecule has 0 radical (unpaired) electrons. The van der Waals surface area contributed by atoms with Crippen molar-refractivity contribution in [3.63, 3.8) is 0 Å². The molecule has 4 aliphatic carbocycles. The van der Waals surface area contributed by atoms with Gasteiger partial charge in [0.2, 0.25) is 5.91 Å². The molecule has 0 spiro atoms. The molecule has 188 valence electrons. The number of anilines is 2. The highest BCUT2D eigenvalue weighted by atomic mass is 35.5. The van der Waals surface area contributed by atoms with E-state index in [4.69, 9.17) is 17.3 Å². The van der Waals surface area contributed by atoms with Crippen molar-refractivity contribution in [2.45, 2.75) is 70.2 Å². The molecule has 7 nitrogen and oxygen atoms in total. The number of benzene rings is 1. The first-order chi connectivity index (χ1) is 16.6. The monoisotopic (exact) mass is 498 g/mol. The number of carbonyl (C=O) groups excluding carboxylic acids is 1. The van der Waals surface area contributed by atoms with E-state index in [9.17, 15) is 14.4 Å². The number of aromatic nitrogens is 2. The van der Waals surface area contributed by atoms with Gasteiger partial charge in [-0.1, -0.05) is 44.2 Å². The van der Waals surface area contributed by atoms with E-state index in [1.54, 1.807) is 4.90 Å². The molecule has 1 aromatic heterocycles. The molecule has 4 aliphatic rings. The van der Waals surface area contributed by atoms with Crippen LogP contribution < -0.4 is 21.9 Å². The molecule has 35 heavy (non-hydrogen) atoms. The summed E-state index contributed by atoms with van der Waals surface area (Å²) < 4.78 is 1.35. The number of nitrogens with zero attached hydrogens (tertiary/aromatic N) is 2. The lowest BCUT2D eigenvalue weighted by molar-refractivity contribution is -0.141. The minimum atomic E-state index is -0.612. The summed E-state index contributed by atoms with van der Waals surface area (Å²) in [5.41, 5.74) is 5.73. The molecule has 0 unspecified atom stereocenters. The van der Waals surface area contributed by atoms with E-state index in [0.29, 0.717) is 30.7 Å². The maximum Gasteiger partial charge on any atom is 0.330 e. The zero-order chi connectivity index (χ0) is 25.0. The largest absolute Gasteiger partial charge is 0.383 e. The van der Waals surface area contributed by atoms with Gasteiger partial charge in [-0.3, -0.25) is 19.1 Å². The lowest BCUT2D eigenvalue weighted by Crippen LogP contribution is -2.60. The molecule has 3 N–H and O–H groups in total. The van der Waals surface area contributed by atoms with E-state index < -0.39 is 16.7 Å². The third-order valence-corrected chi connectivity index (χ3v) is 8.73. The van der Waals surface area contributed by atoms with Gasteiger partial charge in [0.05, 0.1) is 12.0 Å². The number of nitrogen functional groups attached to an aromatic ring is 1. The Labute approximate surface area is 210 Å². The van der Waals surface area contributed by atoms with Crippen molar-refractivity contribution in [3.05, 3.63) is 56.7 Å². The summed E-state index contributed by atoms with van der Waals surface area (Å²) >= 11 is 7.03. The standard InChI is InChI=1S/C27H35ClN4O3/c1-17(2)8-9-31(24(34)26-11-19-10-20(12-26)14-27(28,13-19)16-26)21-22(29)32(25(35)30-23(21)33)15-18-6-4-3-5-7-18/h3-7,17,19-20H,8-16,29H2,1-2H3,(H,30,33,35)/t19-,20-,26?,27?/m0/s1. The summed E-state index contributed by atoms with van der Waals surface area (Å²) in [5.74, 6) is 1.21. The topological polar surface area (TPSA) is 101 Å². The van der Waals surface area contributed by atoms with Crippen molar-refractivity contribution in [2.75, 3.05) is 17.2 Å². The fraction of sp³-hybridized carbons (Fsp3) is 0.593. The van der Waals surface area contributed by atoms with Gasteiger partial charge < -0.3 is 10.6 Å². The third-order valence-electron chi connectivity index (χ3n) is 8.29. The van der Waals surface area contributed by atoms with E-state index in [2.05, 4.69) is 18.8 Å². The van der Waals surface area contributed by atoms with Gasteiger partial charge in [-0.15, -0.1) is 11.6 Å². The summed E-state index contributed by atoms with van der Waals surface area (Å²) in [4.78, 5) is 44.0. The molecular formula is C27H35ClN4O3. The summed E-state index contributed by atoms with van der Waals surface area (Å²) in [5, 5.41) is 0. The summed E-state index contributed by atoms with van der Waals surface area (Å²) in [6.45, 7) is 4.76. The van der Waals surface area contributed by atoms with Gasteiger partial charge in [-0.05, 0) is 68.3 Å². The minimum absolute atomic E-state index is 0.0324. The number of nitrogens with two attached hydrogens (primary N) is 1. The molecule has 2 aromatic rings. The predicted octanol–water partition coefficient (Wildman–Crippen LogP) is 4.12. The zero-order valence-electron chi connectivity index (χ0n) is 20.6. The Bertz CT molecular complexity index is 1220. The minimum Gasteiger partial charge on any atom is -0.383 e. The van der Waals surface area contributed by atoms with Crippen molar-refractivity contribution in [1.29, 1.82) is 0 Å². The first-order valence-electron chi connectivity index (χ1n) is 12.8. The zero-order valence-corrected chi connectivity index (χ0v) is 21.3. The maximum atomic E-state index is 14.4. The molecular weight excluding hydrogens is 464 g/mol. The van der Waals surface area contributed by atoms with Crippen LogP contribution in [-0.2, 0) is 11.3 Å². The molecule has 1 amide bonds. The molecule has 0 saturated heterocycles. The van der Waals surface area contributed by atoms with Gasteiger partial charge in [-0.2, -0.15) is 0 Å². The summed E-state index contributed by atoms with van der Waals surface area (Å²) in [6.07, 6.45) is 6.07. The number of aromatic amines is 1. The fourth-order valence-corrected chi connectivity index (χ4v) is 7.84. The predicted molar refractivity (Wildman–Crippen MR) is 139 cm³/mol. The number of carbonyl (C=O) groups is 1. The van der Waals surface area contributed by atoms with Gasteiger partial charge in [0.1, 0.15) is 5.82 Å². The van der Waals surface area contributed by atoms with Gasteiger partial charge >= 0.3 is 5.69 Å². The van der Waals surface area contributed by atoms with Crippen molar-refractivity contribution in [3.8, 4) is 0 Å². The lowest BCUT2D eigenvalue weighted by atomic mass is 9.49. The number of hydrogen-bond donors (Lipinski definition) is 2. The molecule has 6 rings (SSSR count). The highest BCUT2D eigenvalue weighted by Gasteiger charge is 2.61. The highest BCUT2D eigenvalue weighted by molar-refractivity contribution is 6.24. The van der Waals surface area contributed by atoms with E-state index >= 15 is 0 Å². The Morgan fingerprint density at radius 1 is 1.17 bits per heavy atom. The number of alkyl halides is 1. The Kier molecular flexibility index (Phi) is 6.10. The van der Waals surface area contributed by atoms with Crippen LogP contribution in [0.15, 0.2) is 39.9 Å². The van der Waals surface area contributed by atoms with E-state index in [0.717, 1.165) is 44.1 Å². The van der Waals surface area contributed by atoms with Crippen molar-refractivity contribution in [2.24, 2.45) is 23.2 Å². The van der Waals surface area contributed by atoms with Crippen LogP contribution in [0.2, 0.25) is 0 Å². The average molecular weight is 499 g/mol. The number of hydrogen-bond acceptors (Lipinski definition) is 4. The van der Waals surface area contributed by atoms with Gasteiger partial charge in [-0.25, -0.2) is 4.79 Å². The molecule has 1 aromatic carbocycles. The number of halogens is 1. The van der Waals surface area contributed by atoms with Crippen molar-refractivity contribution in [1.82, 2.24) is 9.55 Å². The second kappa shape index (κ2) is 8.84. The van der Waals surface area contributed by atoms with Gasteiger partial charge in [0.25, 0.3) is 5.56 Å². The second-order valence-corrected chi connectivity index (χ2v) is 12.4. The second-order valence-electron chi connectivity index (χ2n) is 11.6. The number of amides is 1. The maximum absolute atomic E-state index is 14.4. The average Bonchev–Trinajstić information content (AvgIpc) is 2.77. The van der Waals surface area contributed by atoms with Crippen LogP contribution >= 0.6 is 11.6 Å². The van der Waals surface area contributed by atoms with Crippen LogP contribution in [0.4, 0.5) is 11.5 Å². The Balaban J connectivity index is 1.57. The van der Waals surface area contributed by atoms with Crippen LogP contribution in [0.5, 0.6) is 0 Å². The van der Waals surface area contributed by atoms with Crippen molar-refractivity contribution >= 4 is 29.0 Å². The molecule has 4 saturated carbocycles.